The molecule has 98 valence electrons. The van der Waals surface area contributed by atoms with Crippen LogP contribution in [0.15, 0.2) is 53.5 Å². The second-order valence-electron chi connectivity index (χ2n) is 4.22. The number of hydrogen-bond donors (Lipinski definition) is 2. The summed E-state index contributed by atoms with van der Waals surface area (Å²) in [4.78, 5) is 4.30. The number of nitrogens with zero attached hydrogens (tertiary/aromatic N) is 1. The van der Waals surface area contributed by atoms with Gasteiger partial charge in [-0.25, -0.2) is 4.99 Å². The van der Waals surface area contributed by atoms with E-state index in [0.717, 1.165) is 16.8 Å². The van der Waals surface area contributed by atoms with Crippen molar-refractivity contribution in [2.75, 3.05) is 5.32 Å². The molecule has 0 aromatic heterocycles. The van der Waals surface area contributed by atoms with Crippen LogP contribution in [0.4, 0.5) is 5.69 Å². The van der Waals surface area contributed by atoms with Gasteiger partial charge in [0.05, 0.1) is 6.54 Å². The minimum atomic E-state index is 0.384. The lowest BCUT2D eigenvalue weighted by atomic mass is 10.2. The molecule has 0 aliphatic carbocycles. The molecule has 0 aliphatic heterocycles. The first-order chi connectivity index (χ1) is 9.16. The van der Waals surface area contributed by atoms with E-state index in [-0.39, 0.29) is 0 Å². The van der Waals surface area contributed by atoms with Gasteiger partial charge in [0.25, 0.3) is 0 Å². The Bertz CT molecular complexity index is 579. The summed E-state index contributed by atoms with van der Waals surface area (Å²) in [5.41, 5.74) is 8.83. The van der Waals surface area contributed by atoms with E-state index in [2.05, 4.69) is 10.3 Å². The number of aliphatic imine (C=N–C) groups is 1. The Morgan fingerprint density at radius 3 is 2.63 bits per heavy atom. The summed E-state index contributed by atoms with van der Waals surface area (Å²) >= 11 is 6.05. The standard InChI is InChI=1S/C15H16ClN3/c1-11-13(16)8-5-9-14(11)19-15(17)18-10-12-6-3-2-4-7-12/h2-9H,10H2,1H3,(H3,17,18,19). The number of nitrogens with one attached hydrogen (secondary N) is 1. The fourth-order valence-electron chi connectivity index (χ4n) is 1.68. The van der Waals surface area contributed by atoms with Crippen molar-refractivity contribution in [3.05, 3.63) is 64.7 Å². The van der Waals surface area contributed by atoms with Crippen molar-refractivity contribution in [1.82, 2.24) is 0 Å². The zero-order valence-corrected chi connectivity index (χ0v) is 11.5. The molecule has 0 unspecified atom stereocenters. The Hall–Kier alpha value is -2.00. The number of benzene rings is 2. The molecule has 0 heterocycles. The first kappa shape index (κ1) is 13.4. The predicted octanol–water partition coefficient (Wildman–Crippen LogP) is 3.58. The Balaban J connectivity index is 2.04. The molecule has 2 aromatic carbocycles. The van der Waals surface area contributed by atoms with Gasteiger partial charge < -0.3 is 11.1 Å². The third-order valence-electron chi connectivity index (χ3n) is 2.81. The lowest BCUT2D eigenvalue weighted by Gasteiger charge is -2.09. The molecule has 0 saturated carbocycles. The quantitative estimate of drug-likeness (QED) is 0.663. The van der Waals surface area contributed by atoms with Gasteiger partial charge in [0.15, 0.2) is 5.96 Å². The molecule has 0 radical (unpaired) electrons. The van der Waals surface area contributed by atoms with Crippen molar-refractivity contribution in [3.8, 4) is 0 Å². The van der Waals surface area contributed by atoms with Crippen molar-refractivity contribution >= 4 is 23.2 Å². The fourth-order valence-corrected chi connectivity index (χ4v) is 1.85. The Morgan fingerprint density at radius 1 is 1.16 bits per heavy atom. The van der Waals surface area contributed by atoms with Gasteiger partial charge >= 0.3 is 0 Å². The number of halogens is 1. The molecule has 3 N–H and O–H groups in total. The summed E-state index contributed by atoms with van der Waals surface area (Å²) in [6.45, 7) is 2.49. The van der Waals surface area contributed by atoms with E-state index in [9.17, 15) is 0 Å². The molecule has 0 aliphatic rings. The van der Waals surface area contributed by atoms with Crippen molar-refractivity contribution in [2.45, 2.75) is 13.5 Å². The summed E-state index contributed by atoms with van der Waals surface area (Å²) in [5, 5.41) is 3.77. The van der Waals surface area contributed by atoms with Crippen LogP contribution in [0.5, 0.6) is 0 Å². The molecular weight excluding hydrogens is 258 g/mol. The van der Waals surface area contributed by atoms with Gasteiger partial charge in [-0.05, 0) is 30.2 Å². The van der Waals surface area contributed by atoms with Crippen LogP contribution in [0, 0.1) is 6.92 Å². The molecule has 2 aromatic rings. The van der Waals surface area contributed by atoms with Gasteiger partial charge in [-0.15, -0.1) is 0 Å². The van der Waals surface area contributed by atoms with E-state index in [1.54, 1.807) is 0 Å². The van der Waals surface area contributed by atoms with Crippen LogP contribution >= 0.6 is 11.6 Å². The van der Waals surface area contributed by atoms with Gasteiger partial charge in [-0.3, -0.25) is 0 Å². The first-order valence-corrected chi connectivity index (χ1v) is 6.40. The largest absolute Gasteiger partial charge is 0.370 e. The van der Waals surface area contributed by atoms with Crippen LogP contribution in [0.25, 0.3) is 0 Å². The van der Waals surface area contributed by atoms with Gasteiger partial charge in [0.2, 0.25) is 0 Å². The molecule has 0 saturated heterocycles. The lowest BCUT2D eigenvalue weighted by Crippen LogP contribution is -2.23. The van der Waals surface area contributed by atoms with Gasteiger partial charge in [-0.2, -0.15) is 0 Å². The molecule has 3 nitrogen and oxygen atoms in total. The smallest absolute Gasteiger partial charge is 0.193 e. The van der Waals surface area contributed by atoms with Crippen LogP contribution < -0.4 is 11.1 Å². The van der Waals surface area contributed by atoms with Gasteiger partial charge in [0.1, 0.15) is 0 Å². The molecule has 0 atom stereocenters. The number of anilines is 1. The first-order valence-electron chi connectivity index (χ1n) is 6.03. The minimum absolute atomic E-state index is 0.384. The van der Waals surface area contributed by atoms with Gasteiger partial charge in [0, 0.05) is 10.7 Å². The zero-order chi connectivity index (χ0) is 13.7. The van der Waals surface area contributed by atoms with Crippen LogP contribution in [-0.2, 0) is 6.54 Å². The third-order valence-corrected chi connectivity index (χ3v) is 3.21. The van der Waals surface area contributed by atoms with Crippen LogP contribution in [-0.4, -0.2) is 5.96 Å². The normalized spacial score (nSPS) is 11.4. The molecule has 0 fully saturated rings. The molecule has 0 bridgehead atoms. The number of guanidine groups is 1. The molecule has 0 spiro atoms. The predicted molar refractivity (Wildman–Crippen MR) is 81.6 cm³/mol. The van der Waals surface area contributed by atoms with E-state index in [1.807, 2.05) is 55.5 Å². The monoisotopic (exact) mass is 273 g/mol. The maximum Gasteiger partial charge on any atom is 0.193 e. The third kappa shape index (κ3) is 3.73. The van der Waals surface area contributed by atoms with E-state index in [4.69, 9.17) is 17.3 Å². The summed E-state index contributed by atoms with van der Waals surface area (Å²) < 4.78 is 0. The number of hydrogen-bond acceptors (Lipinski definition) is 1. The molecule has 0 amide bonds. The molecular formula is C15H16ClN3. The maximum atomic E-state index is 6.05. The lowest BCUT2D eigenvalue weighted by molar-refractivity contribution is 1.06. The van der Waals surface area contributed by atoms with Gasteiger partial charge in [-0.1, -0.05) is 48.0 Å². The number of nitrogens with two attached hydrogens (primary N) is 1. The second-order valence-corrected chi connectivity index (χ2v) is 4.63. The van der Waals surface area contributed by atoms with Crippen molar-refractivity contribution < 1.29 is 0 Å². The molecule has 19 heavy (non-hydrogen) atoms. The summed E-state index contributed by atoms with van der Waals surface area (Å²) in [7, 11) is 0. The summed E-state index contributed by atoms with van der Waals surface area (Å²) in [5.74, 6) is 0.384. The average molecular weight is 274 g/mol. The maximum absolute atomic E-state index is 6.05. The highest BCUT2D eigenvalue weighted by atomic mass is 35.5. The SMILES string of the molecule is Cc1c(Cl)cccc1NC(N)=NCc1ccccc1. The Morgan fingerprint density at radius 2 is 1.89 bits per heavy atom. The highest BCUT2D eigenvalue weighted by Crippen LogP contribution is 2.22. The van der Waals surface area contributed by atoms with E-state index < -0.39 is 0 Å². The van der Waals surface area contributed by atoms with Crippen molar-refractivity contribution in [3.63, 3.8) is 0 Å². The zero-order valence-electron chi connectivity index (χ0n) is 10.7. The molecule has 2 rings (SSSR count). The van der Waals surface area contributed by atoms with E-state index in [1.165, 1.54) is 0 Å². The highest BCUT2D eigenvalue weighted by molar-refractivity contribution is 6.31. The topological polar surface area (TPSA) is 50.4 Å². The van der Waals surface area contributed by atoms with E-state index >= 15 is 0 Å². The fraction of sp³-hybridized carbons (Fsp3) is 0.133. The average Bonchev–Trinajstić information content (AvgIpc) is 2.43. The highest BCUT2D eigenvalue weighted by Gasteiger charge is 2.02. The van der Waals surface area contributed by atoms with Crippen molar-refractivity contribution in [1.29, 1.82) is 0 Å². The van der Waals surface area contributed by atoms with Crippen LogP contribution in [0.3, 0.4) is 0 Å². The Kier molecular flexibility index (Phi) is 4.42. The number of rotatable bonds is 3. The second kappa shape index (κ2) is 6.25. The van der Waals surface area contributed by atoms with Crippen molar-refractivity contribution in [2.24, 2.45) is 10.7 Å². The summed E-state index contributed by atoms with van der Waals surface area (Å²) in [6.07, 6.45) is 0. The molecule has 4 heteroatoms. The summed E-state index contributed by atoms with van der Waals surface area (Å²) in [6, 6.07) is 15.6. The Labute approximate surface area is 118 Å². The van der Waals surface area contributed by atoms with Crippen LogP contribution in [0.2, 0.25) is 5.02 Å². The minimum Gasteiger partial charge on any atom is -0.370 e. The van der Waals surface area contributed by atoms with E-state index in [0.29, 0.717) is 17.5 Å². The van der Waals surface area contributed by atoms with Crippen LogP contribution in [0.1, 0.15) is 11.1 Å².